The predicted octanol–water partition coefficient (Wildman–Crippen LogP) is 1.93. The molecular formula is C12H14N2O3S. The highest BCUT2D eigenvalue weighted by Gasteiger charge is 2.10. The summed E-state index contributed by atoms with van der Waals surface area (Å²) >= 11 is 1.62. The van der Waals surface area contributed by atoms with Crippen molar-refractivity contribution >= 4 is 23.1 Å². The second-order valence-corrected chi connectivity index (χ2v) is 4.61. The minimum Gasteiger partial charge on any atom is -0.502 e. The van der Waals surface area contributed by atoms with Gasteiger partial charge in [-0.2, -0.15) is 0 Å². The van der Waals surface area contributed by atoms with Crippen LogP contribution in [0.25, 0.3) is 0 Å². The Kier molecular flexibility index (Phi) is 4.09. The van der Waals surface area contributed by atoms with Gasteiger partial charge in [0.05, 0.1) is 20.8 Å². The second-order valence-electron chi connectivity index (χ2n) is 3.54. The van der Waals surface area contributed by atoms with Crippen LogP contribution < -0.4 is 9.47 Å². The third-order valence-electron chi connectivity index (χ3n) is 2.40. The number of hydrogen-bond acceptors (Lipinski definition) is 6. The molecule has 18 heavy (non-hydrogen) atoms. The zero-order valence-electron chi connectivity index (χ0n) is 10.2. The third-order valence-corrected chi connectivity index (χ3v) is 3.28. The number of nitrogens with zero attached hydrogens (tertiary/aromatic N) is 2. The van der Waals surface area contributed by atoms with E-state index in [-0.39, 0.29) is 5.75 Å². The molecule has 0 unspecified atom stereocenters. The van der Waals surface area contributed by atoms with Gasteiger partial charge in [-0.05, 0) is 12.1 Å². The highest BCUT2D eigenvalue weighted by Crippen LogP contribution is 2.36. The fourth-order valence-electron chi connectivity index (χ4n) is 1.52. The molecule has 0 aromatic heterocycles. The van der Waals surface area contributed by atoms with E-state index in [1.165, 1.54) is 14.2 Å². The Morgan fingerprint density at radius 2 is 2.00 bits per heavy atom. The fourth-order valence-corrected chi connectivity index (χ4v) is 2.19. The van der Waals surface area contributed by atoms with Crippen molar-refractivity contribution in [2.24, 2.45) is 9.98 Å². The summed E-state index contributed by atoms with van der Waals surface area (Å²) < 4.78 is 10.1. The van der Waals surface area contributed by atoms with Crippen LogP contribution in [0.4, 0.5) is 0 Å². The Morgan fingerprint density at radius 1 is 1.33 bits per heavy atom. The number of hydrogen-bond donors (Lipinski definition) is 1. The van der Waals surface area contributed by atoms with E-state index in [0.717, 1.165) is 23.0 Å². The number of methoxy groups -OCH3 is 2. The average Bonchev–Trinajstić information content (AvgIpc) is 2.90. The quantitative estimate of drug-likeness (QED) is 0.849. The van der Waals surface area contributed by atoms with Crippen molar-refractivity contribution in [1.82, 2.24) is 0 Å². The third kappa shape index (κ3) is 2.76. The molecule has 96 valence electrons. The molecule has 1 aromatic rings. The van der Waals surface area contributed by atoms with Crippen LogP contribution in [0, 0.1) is 0 Å². The van der Waals surface area contributed by atoms with Gasteiger partial charge in [0, 0.05) is 17.5 Å². The van der Waals surface area contributed by atoms with E-state index in [1.54, 1.807) is 30.1 Å². The summed E-state index contributed by atoms with van der Waals surface area (Å²) in [7, 11) is 2.98. The lowest BCUT2D eigenvalue weighted by molar-refractivity contribution is 0.340. The highest BCUT2D eigenvalue weighted by molar-refractivity contribution is 8.14. The Bertz CT molecular complexity index is 475. The highest BCUT2D eigenvalue weighted by atomic mass is 32.2. The predicted molar refractivity (Wildman–Crippen MR) is 73.6 cm³/mol. The zero-order valence-corrected chi connectivity index (χ0v) is 11.0. The number of amidine groups is 1. The number of benzene rings is 1. The number of phenolic OH excluding ortho intramolecular Hbond substituents is 1. The van der Waals surface area contributed by atoms with Gasteiger partial charge in [-0.1, -0.05) is 11.8 Å². The number of aliphatic imine (C=N–C) groups is 2. The Morgan fingerprint density at radius 3 is 2.50 bits per heavy atom. The maximum atomic E-state index is 9.77. The van der Waals surface area contributed by atoms with Crippen LogP contribution in [0.1, 0.15) is 5.56 Å². The summed E-state index contributed by atoms with van der Waals surface area (Å²) in [6.45, 7) is 0.819. The fraction of sp³-hybridized carbons (Fsp3) is 0.333. The van der Waals surface area contributed by atoms with E-state index < -0.39 is 0 Å². The van der Waals surface area contributed by atoms with Crippen LogP contribution >= 0.6 is 11.8 Å². The van der Waals surface area contributed by atoms with Crippen molar-refractivity contribution in [3.63, 3.8) is 0 Å². The number of ether oxygens (including phenoxy) is 2. The standard InChI is InChI=1S/C12H14N2O3S/c1-16-9-5-8(6-10(17-2)11(9)15)7-14-12-13-3-4-18-12/h5-7,15H,3-4H2,1-2H3/b14-7+. The smallest absolute Gasteiger partial charge is 0.200 e. The summed E-state index contributed by atoms with van der Waals surface area (Å²) in [6.07, 6.45) is 1.68. The Balaban J connectivity index is 2.27. The molecule has 0 saturated carbocycles. The number of rotatable bonds is 3. The number of thioether (sulfide) groups is 1. The molecule has 1 heterocycles. The summed E-state index contributed by atoms with van der Waals surface area (Å²) in [4.78, 5) is 8.49. The van der Waals surface area contributed by atoms with Crippen LogP contribution in [0.5, 0.6) is 17.2 Å². The van der Waals surface area contributed by atoms with Crippen molar-refractivity contribution in [2.45, 2.75) is 0 Å². The van der Waals surface area contributed by atoms with Crippen LogP contribution in [0.3, 0.4) is 0 Å². The zero-order chi connectivity index (χ0) is 13.0. The van der Waals surface area contributed by atoms with Crippen LogP contribution in [0.15, 0.2) is 22.1 Å². The Labute approximate surface area is 110 Å². The molecule has 0 saturated heterocycles. The van der Waals surface area contributed by atoms with Crippen LogP contribution in [0.2, 0.25) is 0 Å². The number of phenols is 1. The Hall–Kier alpha value is -1.69. The molecule has 1 aromatic carbocycles. The summed E-state index contributed by atoms with van der Waals surface area (Å²) in [5.74, 6) is 1.69. The van der Waals surface area contributed by atoms with Gasteiger partial charge in [0.15, 0.2) is 16.7 Å². The van der Waals surface area contributed by atoms with Gasteiger partial charge in [0.1, 0.15) is 0 Å². The molecule has 0 amide bonds. The molecule has 6 heteroatoms. The van der Waals surface area contributed by atoms with Crippen molar-refractivity contribution in [3.05, 3.63) is 17.7 Å². The summed E-state index contributed by atoms with van der Waals surface area (Å²) in [6, 6.07) is 3.39. The monoisotopic (exact) mass is 266 g/mol. The van der Waals surface area contributed by atoms with Gasteiger partial charge in [-0.15, -0.1) is 0 Å². The second kappa shape index (κ2) is 5.77. The van der Waals surface area contributed by atoms with Gasteiger partial charge >= 0.3 is 0 Å². The minimum absolute atomic E-state index is 0.00951. The normalized spacial score (nSPS) is 14.9. The molecule has 1 aliphatic rings. The molecule has 0 spiro atoms. The molecule has 0 atom stereocenters. The molecule has 2 rings (SSSR count). The minimum atomic E-state index is -0.00951. The molecule has 0 bridgehead atoms. The molecule has 0 aliphatic carbocycles. The van der Waals surface area contributed by atoms with Gasteiger partial charge in [0.2, 0.25) is 5.75 Å². The van der Waals surface area contributed by atoms with Crippen molar-refractivity contribution in [2.75, 3.05) is 26.5 Å². The molecule has 0 radical (unpaired) electrons. The topological polar surface area (TPSA) is 63.4 Å². The van der Waals surface area contributed by atoms with Gasteiger partial charge < -0.3 is 14.6 Å². The first-order valence-electron chi connectivity index (χ1n) is 5.41. The van der Waals surface area contributed by atoms with E-state index in [0.29, 0.717) is 11.5 Å². The largest absolute Gasteiger partial charge is 0.502 e. The molecule has 0 fully saturated rings. The van der Waals surface area contributed by atoms with Crippen molar-refractivity contribution < 1.29 is 14.6 Å². The van der Waals surface area contributed by atoms with E-state index in [1.807, 2.05) is 0 Å². The number of aromatic hydroxyl groups is 1. The summed E-state index contributed by atoms with van der Waals surface area (Å²) in [5, 5.41) is 10.5. The lowest BCUT2D eigenvalue weighted by atomic mass is 10.2. The molecule has 1 N–H and O–H groups in total. The van der Waals surface area contributed by atoms with Crippen LogP contribution in [-0.4, -0.2) is 43.0 Å². The van der Waals surface area contributed by atoms with E-state index >= 15 is 0 Å². The molecule has 1 aliphatic heterocycles. The van der Waals surface area contributed by atoms with Crippen molar-refractivity contribution in [3.8, 4) is 17.2 Å². The average molecular weight is 266 g/mol. The van der Waals surface area contributed by atoms with Gasteiger partial charge in [0.25, 0.3) is 0 Å². The SMILES string of the molecule is COc1cc(/C=N/C2=NCCS2)cc(OC)c1O. The lowest BCUT2D eigenvalue weighted by Crippen LogP contribution is -1.93. The molecular weight excluding hydrogens is 252 g/mol. The van der Waals surface area contributed by atoms with E-state index in [4.69, 9.17) is 9.47 Å². The van der Waals surface area contributed by atoms with Crippen LogP contribution in [-0.2, 0) is 0 Å². The lowest BCUT2D eigenvalue weighted by Gasteiger charge is -2.09. The van der Waals surface area contributed by atoms with Gasteiger partial charge in [-0.25, -0.2) is 4.99 Å². The maximum Gasteiger partial charge on any atom is 0.200 e. The first-order chi connectivity index (χ1) is 8.74. The van der Waals surface area contributed by atoms with Crippen molar-refractivity contribution in [1.29, 1.82) is 0 Å². The first-order valence-corrected chi connectivity index (χ1v) is 6.39. The van der Waals surface area contributed by atoms with E-state index in [9.17, 15) is 5.11 Å². The first kappa shape index (κ1) is 12.8. The maximum absolute atomic E-state index is 9.77. The molecule has 5 nitrogen and oxygen atoms in total. The van der Waals surface area contributed by atoms with E-state index in [2.05, 4.69) is 9.98 Å². The van der Waals surface area contributed by atoms with Gasteiger partial charge in [-0.3, -0.25) is 4.99 Å². The summed E-state index contributed by atoms with van der Waals surface area (Å²) in [5.41, 5.74) is 0.789.